The van der Waals surface area contributed by atoms with Gasteiger partial charge in [0.25, 0.3) is 100 Å². The zero-order valence-corrected chi connectivity index (χ0v) is 48.8. The molecule has 0 saturated heterocycles. The van der Waals surface area contributed by atoms with E-state index in [0.717, 1.165) is 10.5 Å². The van der Waals surface area contributed by atoms with E-state index in [4.69, 9.17) is 45.3 Å². The summed E-state index contributed by atoms with van der Waals surface area (Å²) in [7, 11) is -8.80. The molecule has 0 aliphatic carbocycles. The van der Waals surface area contributed by atoms with Gasteiger partial charge in [0.15, 0.2) is 0 Å². The summed E-state index contributed by atoms with van der Waals surface area (Å²) >= 11 is 0. The zero-order valence-electron chi connectivity index (χ0n) is 31.2. The Morgan fingerprint density at radius 1 is 0.292 bits per heavy atom. The molecule has 290 valence electrons. The lowest BCUT2D eigenvalue weighted by Gasteiger charge is -2.09. The molecule has 0 aromatic heterocycles. The van der Waals surface area contributed by atoms with E-state index in [1.165, 1.54) is 154 Å². The average Bonchev–Trinajstić information content (AvgIpc) is 3.10. The first-order chi connectivity index (χ1) is 23.9. The molecule has 0 amide bonds. The highest BCUT2D eigenvalue weighted by molar-refractivity contribution is 6.50. The van der Waals surface area contributed by atoms with Crippen molar-refractivity contribution in [1.82, 2.24) is 0 Å². The van der Waals surface area contributed by atoms with Gasteiger partial charge in [-0.05, 0) is 6.04 Å². The van der Waals surface area contributed by atoms with E-state index in [9.17, 15) is 0 Å². The van der Waals surface area contributed by atoms with E-state index < -0.39 is 100 Å². The number of unbranched alkanes of at least 4 members (excludes halogenated alkanes) is 22. The zero-order chi connectivity index (χ0) is 34.5. The van der Waals surface area contributed by atoms with Crippen molar-refractivity contribution >= 4 is 120 Å². The average molecular weight is 890 g/mol. The van der Waals surface area contributed by atoms with Crippen molar-refractivity contribution in [3.8, 4) is 0 Å². The maximum Gasteiger partial charge on any atom is 0.286 e. The van der Waals surface area contributed by atoms with Gasteiger partial charge in [0.05, 0.1) is 0 Å². The van der Waals surface area contributed by atoms with Crippen molar-refractivity contribution in [3.63, 3.8) is 0 Å². The quantitative estimate of drug-likeness (QED) is 0.0499. The van der Waals surface area contributed by atoms with Gasteiger partial charge in [-0.25, -0.2) is 0 Å². The summed E-state index contributed by atoms with van der Waals surface area (Å²) in [4.78, 5) is 0. The Balaban J connectivity index is 3.04. The molecule has 0 aliphatic heterocycles. The Bertz CT molecular complexity index is 533. The van der Waals surface area contributed by atoms with Crippen molar-refractivity contribution in [2.45, 2.75) is 161 Å². The molecule has 0 aliphatic rings. The molecule has 11 nitrogen and oxygen atoms in total. The molecule has 0 heterocycles. The smallest absolute Gasteiger partial charge is 0.286 e. The minimum absolute atomic E-state index is 0.390. The molecule has 0 N–H and O–H groups in total. The van der Waals surface area contributed by atoms with E-state index in [2.05, 4.69) is 6.92 Å². The fourth-order valence-corrected chi connectivity index (χ4v) is 25.4. The molecule has 23 heteroatoms. The minimum atomic E-state index is -0.980. The van der Waals surface area contributed by atoms with Crippen molar-refractivity contribution in [1.29, 1.82) is 0 Å². The first-order valence-corrected chi connectivity index (χ1v) is 33.1. The summed E-state index contributed by atoms with van der Waals surface area (Å²) in [5.41, 5.74) is 0. The van der Waals surface area contributed by atoms with Crippen LogP contribution in [0.25, 0.3) is 0 Å². The maximum atomic E-state index is 5.85. The van der Waals surface area contributed by atoms with Crippen molar-refractivity contribution in [2.24, 2.45) is 0 Å². The van der Waals surface area contributed by atoms with Gasteiger partial charge in [-0.2, -0.15) is 0 Å². The van der Waals surface area contributed by atoms with Crippen LogP contribution in [0.4, 0.5) is 0 Å². The first kappa shape index (κ1) is 50.2. The van der Waals surface area contributed by atoms with Gasteiger partial charge in [-0.1, -0.05) is 155 Å². The molecule has 0 unspecified atom stereocenters. The number of rotatable bonds is 45. The van der Waals surface area contributed by atoms with Gasteiger partial charge >= 0.3 is 0 Å². The van der Waals surface area contributed by atoms with Gasteiger partial charge in [0.2, 0.25) is 0 Å². The summed E-state index contributed by atoms with van der Waals surface area (Å²) in [5, 5.41) is 0. The van der Waals surface area contributed by atoms with Crippen LogP contribution in [-0.4, -0.2) is 120 Å². The van der Waals surface area contributed by atoms with E-state index in [1.807, 2.05) is 0 Å². The summed E-state index contributed by atoms with van der Waals surface area (Å²) in [6.07, 6.45) is 33.1. The molecule has 0 saturated carbocycles. The van der Waals surface area contributed by atoms with E-state index in [1.54, 1.807) is 0 Å². The van der Waals surface area contributed by atoms with Gasteiger partial charge in [0, 0.05) is 0 Å². The third-order valence-corrected chi connectivity index (χ3v) is 23.4. The molecular weight excluding hydrogens is 813 g/mol. The fourth-order valence-electron chi connectivity index (χ4n) is 5.15. The van der Waals surface area contributed by atoms with Crippen molar-refractivity contribution < 1.29 is 45.3 Å². The van der Waals surface area contributed by atoms with Gasteiger partial charge in [-0.3, -0.25) is 0 Å². The normalized spacial score (nSPS) is 14.4. The molecule has 0 radical (unpaired) electrons. The van der Waals surface area contributed by atoms with Gasteiger partial charge < -0.3 is 45.3 Å². The molecule has 0 aromatic rings. The van der Waals surface area contributed by atoms with Gasteiger partial charge in [0.1, 0.15) is 20.2 Å². The second-order valence-corrected chi connectivity index (χ2v) is 34.5. The molecule has 0 bridgehead atoms. The lowest BCUT2D eigenvalue weighted by atomic mass is 10.0. The van der Waals surface area contributed by atoms with Crippen LogP contribution in [-0.2, 0) is 45.3 Å². The van der Waals surface area contributed by atoms with Gasteiger partial charge in [-0.15, -0.1) is 0 Å². The lowest BCUT2D eigenvalue weighted by Crippen LogP contribution is -2.21. The third kappa shape index (κ3) is 48.2. The molecule has 0 atom stereocenters. The van der Waals surface area contributed by atoms with Crippen LogP contribution in [0.3, 0.4) is 0 Å². The Morgan fingerprint density at radius 2 is 0.521 bits per heavy atom. The van der Waals surface area contributed by atoms with Crippen molar-refractivity contribution in [2.75, 3.05) is 0 Å². The Morgan fingerprint density at radius 3 is 0.792 bits per heavy atom. The monoisotopic (exact) mass is 888 g/mol. The van der Waals surface area contributed by atoms with Crippen LogP contribution in [0, 0.1) is 0 Å². The standard InChI is InChI=1S/C25H76O11Si12/c1-2-3-4-5-6-7-8-9-10-11-12-13-14-15-16-17-18-19-20-21-22-23-24-25-38-27-40-29-42-31-44-33-46-35-48-36-47-34-45-32-43-30-41-28-39-26-37/h2-25,38-48H2,1,37H3. The predicted octanol–water partition coefficient (Wildman–Crippen LogP) is -2.07. The van der Waals surface area contributed by atoms with Crippen LogP contribution in [0.15, 0.2) is 0 Å². The molecule has 48 heavy (non-hydrogen) atoms. The molecule has 0 spiro atoms. The summed E-state index contributed by atoms with van der Waals surface area (Å²) in [6.45, 7) is 2.30. The van der Waals surface area contributed by atoms with Crippen molar-refractivity contribution in [3.05, 3.63) is 0 Å². The molecular formula is C25H76O11Si12. The Labute approximate surface area is 324 Å². The Kier molecular flexibility index (Phi) is 51.4. The predicted molar refractivity (Wildman–Crippen MR) is 233 cm³/mol. The highest BCUT2D eigenvalue weighted by atomic mass is 28.4. The van der Waals surface area contributed by atoms with E-state index in [-0.39, 0.29) is 9.76 Å². The second kappa shape index (κ2) is 49.2. The maximum absolute atomic E-state index is 5.85. The molecule has 0 rings (SSSR count). The van der Waals surface area contributed by atoms with Crippen LogP contribution < -0.4 is 0 Å². The summed E-state index contributed by atoms with van der Waals surface area (Å²) < 4.78 is 60.4. The minimum Gasteiger partial charge on any atom is -0.449 e. The highest BCUT2D eigenvalue weighted by Gasteiger charge is 1.99. The Hall–Kier alpha value is 2.16. The first-order valence-electron chi connectivity index (χ1n) is 19.2. The molecule has 0 fully saturated rings. The SMILES string of the molecule is CCCCCCCCCCCCCCCCCCCCCCCCC[SiH2]O[SiH2]O[SiH2]O[SiH2]O[SiH2]O[SiH2]O[SiH2]O[SiH2]O[SiH2]O[SiH2]O[SiH2]O[SiH3]. The fraction of sp³-hybridized carbons (Fsp3) is 1.00. The molecule has 0 aromatic carbocycles. The topological polar surface area (TPSA) is 102 Å². The van der Waals surface area contributed by atoms with Crippen LogP contribution in [0.2, 0.25) is 6.04 Å². The van der Waals surface area contributed by atoms with E-state index in [0.29, 0.717) is 0 Å². The summed E-state index contributed by atoms with van der Waals surface area (Å²) in [5.74, 6) is 0. The number of hydrogen-bond acceptors (Lipinski definition) is 11. The van der Waals surface area contributed by atoms with E-state index >= 15 is 0 Å². The number of hydrogen-bond donors (Lipinski definition) is 0. The largest absolute Gasteiger partial charge is 0.449 e. The lowest BCUT2D eigenvalue weighted by molar-refractivity contribution is 0.360. The van der Waals surface area contributed by atoms with Crippen LogP contribution in [0.1, 0.15) is 155 Å². The summed E-state index contributed by atoms with van der Waals surface area (Å²) in [6, 6.07) is 1.29. The van der Waals surface area contributed by atoms with Crippen LogP contribution in [0.5, 0.6) is 0 Å². The third-order valence-electron chi connectivity index (χ3n) is 7.84. The second-order valence-electron chi connectivity index (χ2n) is 12.3. The van der Waals surface area contributed by atoms with Crippen LogP contribution >= 0.6 is 0 Å². The highest BCUT2D eigenvalue weighted by Crippen LogP contribution is 2.15.